The molecule has 3 nitrogen and oxygen atoms in total. The zero-order valence-corrected chi connectivity index (χ0v) is 11.2. The van der Waals surface area contributed by atoms with Crippen LogP contribution in [0.5, 0.6) is 0 Å². The van der Waals surface area contributed by atoms with Crippen molar-refractivity contribution in [3.8, 4) is 11.3 Å². The summed E-state index contributed by atoms with van der Waals surface area (Å²) in [6, 6.07) is 3.19. The molecule has 0 fully saturated rings. The van der Waals surface area contributed by atoms with E-state index in [2.05, 4.69) is 9.97 Å². The first-order valence-electron chi connectivity index (χ1n) is 5.78. The lowest BCUT2D eigenvalue weighted by atomic mass is 10.1. The van der Waals surface area contributed by atoms with Crippen LogP contribution in [0.3, 0.4) is 0 Å². The molecule has 2 aromatic rings. The number of halogens is 4. The Morgan fingerprint density at radius 3 is 2.60 bits per heavy atom. The van der Waals surface area contributed by atoms with Crippen molar-refractivity contribution in [2.75, 3.05) is 6.61 Å². The fourth-order valence-corrected chi connectivity index (χ4v) is 1.79. The minimum atomic E-state index is -1.55. The first-order chi connectivity index (χ1) is 9.52. The van der Waals surface area contributed by atoms with Crippen LogP contribution in [0.1, 0.15) is 12.7 Å². The van der Waals surface area contributed by atoms with Gasteiger partial charge in [0.2, 0.25) is 0 Å². The van der Waals surface area contributed by atoms with Gasteiger partial charge in [0.05, 0.1) is 5.69 Å². The van der Waals surface area contributed by atoms with E-state index in [4.69, 9.17) is 16.3 Å². The minimum absolute atomic E-state index is 0.0637. The molecule has 0 aliphatic heterocycles. The van der Waals surface area contributed by atoms with E-state index in [0.29, 0.717) is 6.61 Å². The molecule has 7 heteroatoms. The molecular weight excluding hydrogens is 293 g/mol. The summed E-state index contributed by atoms with van der Waals surface area (Å²) in [6.45, 7) is 2.33. The monoisotopic (exact) mass is 302 g/mol. The zero-order chi connectivity index (χ0) is 14.7. The summed E-state index contributed by atoms with van der Waals surface area (Å²) in [7, 11) is 0. The number of ether oxygens (including phenoxy) is 1. The Kier molecular flexibility index (Phi) is 4.57. The van der Waals surface area contributed by atoms with Crippen molar-refractivity contribution < 1.29 is 17.9 Å². The van der Waals surface area contributed by atoms with Gasteiger partial charge in [0.15, 0.2) is 23.3 Å². The number of aromatic nitrogens is 2. The average molecular weight is 303 g/mol. The molecule has 0 aliphatic rings. The van der Waals surface area contributed by atoms with Gasteiger partial charge in [0.1, 0.15) is 11.8 Å². The molecule has 0 aliphatic carbocycles. The highest BCUT2D eigenvalue weighted by molar-refractivity contribution is 6.29. The van der Waals surface area contributed by atoms with Gasteiger partial charge in [-0.1, -0.05) is 11.6 Å². The fraction of sp³-hybridized carbons (Fsp3) is 0.231. The maximum Gasteiger partial charge on any atom is 0.195 e. The van der Waals surface area contributed by atoms with E-state index < -0.39 is 17.5 Å². The molecule has 106 valence electrons. The first-order valence-corrected chi connectivity index (χ1v) is 6.15. The largest absolute Gasteiger partial charge is 0.374 e. The number of nitrogens with zero attached hydrogens (tertiary/aromatic N) is 2. The van der Waals surface area contributed by atoms with Crippen molar-refractivity contribution in [2.45, 2.75) is 13.5 Å². The molecule has 0 spiro atoms. The van der Waals surface area contributed by atoms with Crippen LogP contribution in [0.2, 0.25) is 5.15 Å². The fourth-order valence-electron chi connectivity index (χ4n) is 1.58. The van der Waals surface area contributed by atoms with Crippen LogP contribution >= 0.6 is 11.6 Å². The van der Waals surface area contributed by atoms with E-state index in [-0.39, 0.29) is 28.8 Å². The number of benzene rings is 1. The number of rotatable bonds is 4. The summed E-state index contributed by atoms with van der Waals surface area (Å²) >= 11 is 5.81. The third kappa shape index (κ3) is 3.08. The summed E-state index contributed by atoms with van der Waals surface area (Å²) < 4.78 is 45.0. The summed E-state index contributed by atoms with van der Waals surface area (Å²) in [5.41, 5.74) is -0.123. The molecule has 2 rings (SSSR count). The Labute approximate surface area is 118 Å². The van der Waals surface area contributed by atoms with Crippen LogP contribution in [0.4, 0.5) is 13.2 Å². The highest BCUT2D eigenvalue weighted by Gasteiger charge is 2.16. The van der Waals surface area contributed by atoms with E-state index in [1.54, 1.807) is 6.92 Å². The quantitative estimate of drug-likeness (QED) is 0.637. The third-order valence-electron chi connectivity index (χ3n) is 2.49. The van der Waals surface area contributed by atoms with Crippen molar-refractivity contribution in [1.29, 1.82) is 0 Å². The molecule has 0 amide bonds. The van der Waals surface area contributed by atoms with Crippen LogP contribution in [-0.4, -0.2) is 16.6 Å². The van der Waals surface area contributed by atoms with Crippen LogP contribution in [-0.2, 0) is 11.3 Å². The average Bonchev–Trinajstić information content (AvgIpc) is 2.42. The molecule has 20 heavy (non-hydrogen) atoms. The molecule has 0 saturated carbocycles. The SMILES string of the molecule is CCOCc1nc(Cl)cc(-c2ccc(F)c(F)c2F)n1. The van der Waals surface area contributed by atoms with Gasteiger partial charge >= 0.3 is 0 Å². The summed E-state index contributed by atoms with van der Waals surface area (Å²) in [4.78, 5) is 7.93. The molecule has 1 aromatic heterocycles. The summed E-state index contributed by atoms with van der Waals surface area (Å²) in [5.74, 6) is -3.90. The second kappa shape index (κ2) is 6.19. The summed E-state index contributed by atoms with van der Waals surface area (Å²) in [6.07, 6.45) is 0. The second-order valence-corrected chi connectivity index (χ2v) is 4.24. The van der Waals surface area contributed by atoms with Crippen LogP contribution in [0.25, 0.3) is 11.3 Å². The maximum absolute atomic E-state index is 13.7. The van der Waals surface area contributed by atoms with Gasteiger partial charge in [-0.05, 0) is 19.1 Å². The van der Waals surface area contributed by atoms with Gasteiger partial charge < -0.3 is 4.74 Å². The minimum Gasteiger partial charge on any atom is -0.374 e. The Morgan fingerprint density at radius 2 is 1.90 bits per heavy atom. The van der Waals surface area contributed by atoms with E-state index >= 15 is 0 Å². The van der Waals surface area contributed by atoms with E-state index in [1.165, 1.54) is 6.07 Å². The van der Waals surface area contributed by atoms with Crippen molar-refractivity contribution in [3.05, 3.63) is 46.6 Å². The van der Waals surface area contributed by atoms with Crippen molar-refractivity contribution in [2.24, 2.45) is 0 Å². The lowest BCUT2D eigenvalue weighted by Gasteiger charge is -2.07. The standard InChI is InChI=1S/C13H10ClF3N2O/c1-2-20-6-11-18-9(5-10(14)19-11)7-3-4-8(15)13(17)12(7)16/h3-5H,2,6H2,1H3. The van der Waals surface area contributed by atoms with Crippen LogP contribution in [0, 0.1) is 17.5 Å². The highest BCUT2D eigenvalue weighted by atomic mass is 35.5. The topological polar surface area (TPSA) is 35.0 Å². The van der Waals surface area contributed by atoms with Crippen molar-refractivity contribution >= 4 is 11.6 Å². The maximum atomic E-state index is 13.7. The van der Waals surface area contributed by atoms with Gasteiger partial charge in [0, 0.05) is 18.2 Å². The Bertz CT molecular complexity index is 637. The van der Waals surface area contributed by atoms with Gasteiger partial charge in [0.25, 0.3) is 0 Å². The smallest absolute Gasteiger partial charge is 0.195 e. The molecule has 0 unspecified atom stereocenters. The Morgan fingerprint density at radius 1 is 1.15 bits per heavy atom. The van der Waals surface area contributed by atoms with E-state index in [9.17, 15) is 13.2 Å². The lowest BCUT2D eigenvalue weighted by Crippen LogP contribution is -2.02. The zero-order valence-electron chi connectivity index (χ0n) is 10.5. The number of hydrogen-bond acceptors (Lipinski definition) is 3. The molecule has 1 aromatic carbocycles. The molecule has 0 N–H and O–H groups in total. The molecule has 0 atom stereocenters. The number of hydrogen-bond donors (Lipinski definition) is 0. The lowest BCUT2D eigenvalue weighted by molar-refractivity contribution is 0.128. The van der Waals surface area contributed by atoms with E-state index in [1.807, 2.05) is 0 Å². The second-order valence-electron chi connectivity index (χ2n) is 3.85. The van der Waals surface area contributed by atoms with Gasteiger partial charge in [-0.15, -0.1) is 0 Å². The highest BCUT2D eigenvalue weighted by Crippen LogP contribution is 2.26. The van der Waals surface area contributed by atoms with Gasteiger partial charge in [-0.2, -0.15) is 0 Å². The van der Waals surface area contributed by atoms with Crippen LogP contribution < -0.4 is 0 Å². The predicted molar refractivity (Wildman–Crippen MR) is 67.7 cm³/mol. The Balaban J connectivity index is 2.47. The van der Waals surface area contributed by atoms with Crippen molar-refractivity contribution in [3.63, 3.8) is 0 Å². The van der Waals surface area contributed by atoms with Gasteiger partial charge in [-0.3, -0.25) is 0 Å². The Hall–Kier alpha value is -1.66. The molecule has 0 saturated heterocycles. The molecule has 0 bridgehead atoms. The molecular formula is C13H10ClF3N2O. The predicted octanol–water partition coefficient (Wildman–Crippen LogP) is 3.75. The van der Waals surface area contributed by atoms with Gasteiger partial charge in [-0.25, -0.2) is 23.1 Å². The molecule has 1 heterocycles. The van der Waals surface area contributed by atoms with Crippen LogP contribution in [0.15, 0.2) is 18.2 Å². The third-order valence-corrected chi connectivity index (χ3v) is 2.68. The first kappa shape index (κ1) is 14.7. The normalized spacial score (nSPS) is 10.8. The van der Waals surface area contributed by atoms with E-state index in [0.717, 1.165) is 12.1 Å². The van der Waals surface area contributed by atoms with Crippen molar-refractivity contribution in [1.82, 2.24) is 9.97 Å². The molecule has 0 radical (unpaired) electrons. The summed E-state index contributed by atoms with van der Waals surface area (Å²) in [5, 5.41) is 0.0637.